The van der Waals surface area contributed by atoms with Crippen LogP contribution in [0.1, 0.15) is 32.3 Å². The molecule has 1 aliphatic heterocycles. The minimum Gasteiger partial charge on any atom is -0.463 e. The average molecular weight is 342 g/mol. The molecule has 1 atom stereocenters. The minimum atomic E-state index is -0.770. The van der Waals surface area contributed by atoms with E-state index in [-0.39, 0.29) is 29.4 Å². The van der Waals surface area contributed by atoms with Crippen molar-refractivity contribution in [3.63, 3.8) is 0 Å². The Kier molecular flexibility index (Phi) is 5.45. The molecule has 0 radical (unpaired) electrons. The highest BCUT2D eigenvalue weighted by Crippen LogP contribution is 2.40. The van der Waals surface area contributed by atoms with E-state index < -0.39 is 17.9 Å². The maximum Gasteiger partial charge on any atom is 0.338 e. The van der Waals surface area contributed by atoms with Gasteiger partial charge in [-0.05, 0) is 31.5 Å². The van der Waals surface area contributed by atoms with Gasteiger partial charge in [0, 0.05) is 6.92 Å². The van der Waals surface area contributed by atoms with Gasteiger partial charge in [0.05, 0.1) is 18.1 Å². The highest BCUT2D eigenvalue weighted by molar-refractivity contribution is 5.92. The van der Waals surface area contributed by atoms with E-state index in [9.17, 15) is 14.9 Å². The summed E-state index contributed by atoms with van der Waals surface area (Å²) in [6.07, 6.45) is 0. The third-order valence-corrected chi connectivity index (χ3v) is 3.55. The van der Waals surface area contributed by atoms with Crippen LogP contribution in [0.5, 0.6) is 5.75 Å². The highest BCUT2D eigenvalue weighted by atomic mass is 16.5. The molecule has 1 aliphatic rings. The molecule has 1 aromatic rings. The monoisotopic (exact) mass is 342 g/mol. The zero-order valence-corrected chi connectivity index (χ0v) is 14.2. The number of ether oxygens (including phenoxy) is 3. The fourth-order valence-electron chi connectivity index (χ4n) is 2.61. The van der Waals surface area contributed by atoms with Gasteiger partial charge in [-0.3, -0.25) is 4.79 Å². The van der Waals surface area contributed by atoms with Gasteiger partial charge in [-0.2, -0.15) is 5.26 Å². The standard InChI is InChI=1S/C18H18N2O5/c1-4-23-18(22)15-10(2)24-17(20)14(9-19)16(15)12-6-5-7-13(8-12)25-11(3)21/h5-8,16H,4,20H2,1-3H3. The second kappa shape index (κ2) is 7.53. The Morgan fingerprint density at radius 1 is 1.40 bits per heavy atom. The van der Waals surface area contributed by atoms with E-state index in [4.69, 9.17) is 19.9 Å². The van der Waals surface area contributed by atoms with Crippen LogP contribution in [-0.4, -0.2) is 18.5 Å². The number of allylic oxidation sites excluding steroid dienone is 2. The number of rotatable bonds is 4. The van der Waals surface area contributed by atoms with Gasteiger partial charge in [-0.1, -0.05) is 12.1 Å². The summed E-state index contributed by atoms with van der Waals surface area (Å²) < 4.78 is 15.5. The number of nitrogens with two attached hydrogens (primary N) is 1. The van der Waals surface area contributed by atoms with Crippen molar-refractivity contribution in [1.29, 1.82) is 5.26 Å². The molecule has 2 rings (SSSR count). The first kappa shape index (κ1) is 18.1. The zero-order valence-electron chi connectivity index (χ0n) is 14.2. The third kappa shape index (κ3) is 3.80. The molecular weight excluding hydrogens is 324 g/mol. The second-order valence-electron chi connectivity index (χ2n) is 5.28. The molecule has 7 nitrogen and oxygen atoms in total. The molecule has 0 spiro atoms. The SMILES string of the molecule is CCOC(=O)C1=C(C)OC(N)=C(C#N)C1c1cccc(OC(C)=O)c1. The molecule has 0 saturated heterocycles. The molecule has 7 heteroatoms. The summed E-state index contributed by atoms with van der Waals surface area (Å²) in [5, 5.41) is 9.50. The summed E-state index contributed by atoms with van der Waals surface area (Å²) in [4.78, 5) is 23.6. The lowest BCUT2D eigenvalue weighted by Crippen LogP contribution is -2.25. The molecule has 130 valence electrons. The van der Waals surface area contributed by atoms with Crippen LogP contribution in [0.15, 0.2) is 47.1 Å². The third-order valence-electron chi connectivity index (χ3n) is 3.55. The summed E-state index contributed by atoms with van der Waals surface area (Å²) >= 11 is 0. The summed E-state index contributed by atoms with van der Waals surface area (Å²) in [6.45, 7) is 4.73. The van der Waals surface area contributed by atoms with Crippen molar-refractivity contribution in [1.82, 2.24) is 0 Å². The van der Waals surface area contributed by atoms with Gasteiger partial charge in [-0.25, -0.2) is 4.79 Å². The van der Waals surface area contributed by atoms with Crippen molar-refractivity contribution in [3.8, 4) is 11.8 Å². The zero-order chi connectivity index (χ0) is 18.6. The fraction of sp³-hybridized carbons (Fsp3) is 0.278. The van der Waals surface area contributed by atoms with Gasteiger partial charge >= 0.3 is 11.9 Å². The topological polar surface area (TPSA) is 112 Å². The highest BCUT2D eigenvalue weighted by Gasteiger charge is 2.36. The molecule has 0 bridgehead atoms. The number of carbonyl (C=O) groups excluding carboxylic acids is 2. The number of carbonyl (C=O) groups is 2. The number of nitrogens with zero attached hydrogens (tertiary/aromatic N) is 1. The Morgan fingerprint density at radius 2 is 2.12 bits per heavy atom. The second-order valence-corrected chi connectivity index (χ2v) is 5.28. The molecule has 0 fully saturated rings. The van der Waals surface area contributed by atoms with Crippen molar-refractivity contribution in [2.24, 2.45) is 5.73 Å². The van der Waals surface area contributed by atoms with E-state index in [1.165, 1.54) is 6.92 Å². The Morgan fingerprint density at radius 3 is 2.72 bits per heavy atom. The van der Waals surface area contributed by atoms with Crippen molar-refractivity contribution < 1.29 is 23.8 Å². The van der Waals surface area contributed by atoms with Crippen molar-refractivity contribution in [3.05, 3.63) is 52.6 Å². The molecule has 1 aromatic carbocycles. The summed E-state index contributed by atoms with van der Waals surface area (Å²) in [7, 11) is 0. The quantitative estimate of drug-likeness (QED) is 0.659. The van der Waals surface area contributed by atoms with E-state index in [2.05, 4.69) is 0 Å². The van der Waals surface area contributed by atoms with Crippen molar-refractivity contribution in [2.45, 2.75) is 26.7 Å². The molecule has 25 heavy (non-hydrogen) atoms. The number of esters is 2. The first-order valence-corrected chi connectivity index (χ1v) is 7.62. The van der Waals surface area contributed by atoms with Crippen LogP contribution in [0.4, 0.5) is 0 Å². The number of hydrogen-bond donors (Lipinski definition) is 1. The fourth-order valence-corrected chi connectivity index (χ4v) is 2.61. The summed E-state index contributed by atoms with van der Waals surface area (Å²) in [6, 6.07) is 8.54. The predicted octanol–water partition coefficient (Wildman–Crippen LogP) is 2.26. The smallest absolute Gasteiger partial charge is 0.338 e. The van der Waals surface area contributed by atoms with Crippen LogP contribution in [-0.2, 0) is 19.1 Å². The van der Waals surface area contributed by atoms with E-state index in [0.717, 1.165) is 0 Å². The lowest BCUT2D eigenvalue weighted by atomic mass is 9.83. The number of nitriles is 1. The van der Waals surface area contributed by atoms with E-state index in [0.29, 0.717) is 11.3 Å². The molecule has 0 saturated carbocycles. The van der Waals surface area contributed by atoms with Crippen molar-refractivity contribution >= 4 is 11.9 Å². The lowest BCUT2D eigenvalue weighted by molar-refractivity contribution is -0.139. The molecule has 0 aromatic heterocycles. The molecule has 1 heterocycles. The Balaban J connectivity index is 2.58. The normalized spacial score (nSPS) is 16.8. The summed E-state index contributed by atoms with van der Waals surface area (Å²) in [5.41, 5.74) is 6.66. The first-order valence-electron chi connectivity index (χ1n) is 7.62. The Hall–Kier alpha value is -3.27. The Labute approximate surface area is 145 Å². The maximum atomic E-state index is 12.4. The van der Waals surface area contributed by atoms with Crippen LogP contribution in [0.3, 0.4) is 0 Å². The van der Waals surface area contributed by atoms with Crippen LogP contribution in [0.2, 0.25) is 0 Å². The maximum absolute atomic E-state index is 12.4. The van der Waals surface area contributed by atoms with E-state index in [1.54, 1.807) is 38.1 Å². The lowest BCUT2D eigenvalue weighted by Gasteiger charge is -2.27. The molecule has 2 N–H and O–H groups in total. The van der Waals surface area contributed by atoms with Crippen LogP contribution < -0.4 is 10.5 Å². The molecule has 0 aliphatic carbocycles. The number of hydrogen-bond acceptors (Lipinski definition) is 7. The van der Waals surface area contributed by atoms with E-state index >= 15 is 0 Å². The van der Waals surface area contributed by atoms with Gasteiger partial charge < -0.3 is 19.9 Å². The van der Waals surface area contributed by atoms with Gasteiger partial charge in [0.25, 0.3) is 0 Å². The first-order chi connectivity index (χ1) is 11.9. The molecule has 1 unspecified atom stereocenters. The largest absolute Gasteiger partial charge is 0.463 e. The van der Waals surface area contributed by atoms with Gasteiger partial charge in [0.2, 0.25) is 5.88 Å². The summed E-state index contributed by atoms with van der Waals surface area (Å²) in [5.74, 6) is -1.35. The molecular formula is C18H18N2O5. The van der Waals surface area contributed by atoms with Crippen LogP contribution in [0, 0.1) is 11.3 Å². The van der Waals surface area contributed by atoms with Crippen LogP contribution >= 0.6 is 0 Å². The van der Waals surface area contributed by atoms with Gasteiger partial charge in [-0.15, -0.1) is 0 Å². The van der Waals surface area contributed by atoms with Crippen LogP contribution in [0.25, 0.3) is 0 Å². The van der Waals surface area contributed by atoms with Crippen molar-refractivity contribution in [2.75, 3.05) is 6.61 Å². The van der Waals surface area contributed by atoms with Gasteiger partial charge in [0.1, 0.15) is 23.2 Å². The minimum absolute atomic E-state index is 0.0732. The number of benzene rings is 1. The van der Waals surface area contributed by atoms with E-state index in [1.807, 2.05) is 6.07 Å². The Bertz CT molecular complexity index is 817. The van der Waals surface area contributed by atoms with Gasteiger partial charge in [0.15, 0.2) is 0 Å². The predicted molar refractivity (Wildman–Crippen MR) is 87.7 cm³/mol. The molecule has 0 amide bonds. The average Bonchev–Trinajstić information content (AvgIpc) is 2.54.